The highest BCUT2D eigenvalue weighted by atomic mass is 16.5. The van der Waals surface area contributed by atoms with Gasteiger partial charge in [-0.25, -0.2) is 0 Å². The molecule has 0 aromatic heterocycles. The minimum Gasteiger partial charge on any atom is -0.504 e. The van der Waals surface area contributed by atoms with E-state index in [1.807, 2.05) is 0 Å². The number of fused-ring (bicyclic) bond motifs is 6. The zero-order valence-corrected chi connectivity index (χ0v) is 14.1. The second-order valence-electron chi connectivity index (χ2n) is 6.03. The van der Waals surface area contributed by atoms with Gasteiger partial charge in [-0.1, -0.05) is 0 Å². The molecule has 6 nitrogen and oxygen atoms in total. The number of methoxy groups -OCH3 is 2. The summed E-state index contributed by atoms with van der Waals surface area (Å²) in [6, 6.07) is 9.33. The molecule has 4 aromatic rings. The lowest BCUT2D eigenvalue weighted by Gasteiger charge is -2.15. The van der Waals surface area contributed by atoms with Crippen LogP contribution in [0.25, 0.3) is 32.3 Å². The van der Waals surface area contributed by atoms with Crippen molar-refractivity contribution in [3.63, 3.8) is 0 Å². The van der Waals surface area contributed by atoms with E-state index in [0.717, 1.165) is 10.8 Å². The Balaban J connectivity index is 2.34. The van der Waals surface area contributed by atoms with Crippen LogP contribution in [0.3, 0.4) is 0 Å². The van der Waals surface area contributed by atoms with Crippen molar-refractivity contribution in [3.05, 3.63) is 36.4 Å². The lowest BCUT2D eigenvalue weighted by Crippen LogP contribution is -1.92. The van der Waals surface area contributed by atoms with Gasteiger partial charge in [-0.2, -0.15) is 0 Å². The van der Waals surface area contributed by atoms with E-state index in [1.165, 1.54) is 38.5 Å². The summed E-state index contributed by atoms with van der Waals surface area (Å²) >= 11 is 0. The minimum atomic E-state index is -0.272. The molecule has 0 spiro atoms. The Morgan fingerprint density at radius 3 is 0.923 bits per heavy atom. The summed E-state index contributed by atoms with van der Waals surface area (Å²) in [4.78, 5) is 0. The number of phenolic OH excluding ortho intramolecular Hbond substituents is 4. The van der Waals surface area contributed by atoms with Gasteiger partial charge in [0.2, 0.25) is 0 Å². The molecule has 0 aliphatic heterocycles. The predicted octanol–water partition coefficient (Wildman–Crippen LogP) is 3.99. The van der Waals surface area contributed by atoms with E-state index in [1.54, 1.807) is 12.1 Å². The summed E-state index contributed by atoms with van der Waals surface area (Å²) in [5.74, 6) is -0.0308. The fraction of sp³-hybridized carbons (Fsp3) is 0.100. The Morgan fingerprint density at radius 1 is 0.462 bits per heavy atom. The lowest BCUT2D eigenvalue weighted by molar-refractivity contribution is 0.356. The molecule has 4 aromatic carbocycles. The van der Waals surface area contributed by atoms with E-state index in [4.69, 9.17) is 9.47 Å². The second-order valence-corrected chi connectivity index (χ2v) is 6.03. The molecular formula is C20H16O6. The highest BCUT2D eigenvalue weighted by molar-refractivity contribution is 6.26. The smallest absolute Gasteiger partial charge is 0.161 e. The summed E-state index contributed by atoms with van der Waals surface area (Å²) in [5, 5.41) is 43.9. The minimum absolute atomic E-state index is 0.254. The first kappa shape index (κ1) is 16.0. The van der Waals surface area contributed by atoms with Gasteiger partial charge in [0.1, 0.15) is 0 Å². The van der Waals surface area contributed by atoms with E-state index in [-0.39, 0.29) is 23.0 Å². The topological polar surface area (TPSA) is 99.4 Å². The van der Waals surface area contributed by atoms with E-state index < -0.39 is 0 Å². The monoisotopic (exact) mass is 352 g/mol. The zero-order chi connectivity index (χ0) is 18.6. The molecule has 0 aliphatic carbocycles. The number of benzene rings is 4. The average Bonchev–Trinajstić information content (AvgIpc) is 2.63. The quantitative estimate of drug-likeness (QED) is 0.322. The number of aromatic hydroxyl groups is 4. The van der Waals surface area contributed by atoms with Gasteiger partial charge in [0.25, 0.3) is 0 Å². The van der Waals surface area contributed by atoms with E-state index in [9.17, 15) is 20.4 Å². The van der Waals surface area contributed by atoms with Crippen LogP contribution in [0.2, 0.25) is 0 Å². The standard InChI is InChI=1S/C20H16O6/c1-25-19-7-13-11-5-17(23)15(21)3-9(11)10-4-16(22)18(24)6-12(10)14(13)8-20(19)26-2/h3-8,21-24H,1-2H3. The first-order chi connectivity index (χ1) is 12.4. The van der Waals surface area contributed by atoms with Crippen molar-refractivity contribution >= 4 is 32.3 Å². The van der Waals surface area contributed by atoms with Crippen LogP contribution < -0.4 is 9.47 Å². The van der Waals surface area contributed by atoms with Crippen LogP contribution in [-0.4, -0.2) is 34.6 Å². The molecule has 0 fully saturated rings. The maximum Gasteiger partial charge on any atom is 0.161 e. The van der Waals surface area contributed by atoms with Gasteiger partial charge in [0.15, 0.2) is 34.5 Å². The van der Waals surface area contributed by atoms with Crippen molar-refractivity contribution < 1.29 is 29.9 Å². The highest BCUT2D eigenvalue weighted by Crippen LogP contribution is 2.45. The molecule has 0 saturated carbocycles. The Hall–Kier alpha value is -3.54. The van der Waals surface area contributed by atoms with Crippen molar-refractivity contribution in [1.29, 1.82) is 0 Å². The first-order valence-corrected chi connectivity index (χ1v) is 7.83. The van der Waals surface area contributed by atoms with E-state index in [0.29, 0.717) is 33.0 Å². The molecule has 0 aliphatic rings. The molecule has 0 radical (unpaired) electrons. The van der Waals surface area contributed by atoms with Crippen LogP contribution in [0.1, 0.15) is 0 Å². The SMILES string of the molecule is COc1cc2c3cc(O)c(O)cc3c3cc(O)c(O)cc3c2cc1OC. The molecule has 0 heterocycles. The molecule has 0 unspecified atom stereocenters. The Kier molecular flexibility index (Phi) is 3.37. The number of phenols is 4. The van der Waals surface area contributed by atoms with Gasteiger partial charge < -0.3 is 29.9 Å². The fourth-order valence-electron chi connectivity index (χ4n) is 3.37. The zero-order valence-electron chi connectivity index (χ0n) is 14.1. The normalized spacial score (nSPS) is 11.3. The molecule has 4 N–H and O–H groups in total. The summed E-state index contributed by atoms with van der Waals surface area (Å²) < 4.78 is 10.8. The van der Waals surface area contributed by atoms with Gasteiger partial charge >= 0.3 is 0 Å². The molecule has 132 valence electrons. The summed E-state index contributed by atoms with van der Waals surface area (Å²) in [5.41, 5.74) is 0. The molecular weight excluding hydrogens is 336 g/mol. The summed E-state index contributed by atoms with van der Waals surface area (Å²) in [6.45, 7) is 0. The van der Waals surface area contributed by atoms with E-state index >= 15 is 0 Å². The highest BCUT2D eigenvalue weighted by Gasteiger charge is 2.17. The van der Waals surface area contributed by atoms with Crippen LogP contribution >= 0.6 is 0 Å². The largest absolute Gasteiger partial charge is 0.504 e. The van der Waals surface area contributed by atoms with Crippen LogP contribution in [0.5, 0.6) is 34.5 Å². The van der Waals surface area contributed by atoms with Gasteiger partial charge in [-0.15, -0.1) is 0 Å². The molecule has 0 atom stereocenters. The third kappa shape index (κ3) is 2.12. The van der Waals surface area contributed by atoms with Gasteiger partial charge in [0, 0.05) is 0 Å². The molecule has 0 saturated heterocycles. The van der Waals surface area contributed by atoms with Gasteiger partial charge in [0.05, 0.1) is 14.2 Å². The molecule has 4 rings (SSSR count). The van der Waals surface area contributed by atoms with Gasteiger partial charge in [-0.3, -0.25) is 0 Å². The van der Waals surface area contributed by atoms with Gasteiger partial charge in [-0.05, 0) is 68.7 Å². The molecule has 0 bridgehead atoms. The molecule has 0 amide bonds. The molecule has 26 heavy (non-hydrogen) atoms. The van der Waals surface area contributed by atoms with Crippen molar-refractivity contribution in [1.82, 2.24) is 0 Å². The van der Waals surface area contributed by atoms with Crippen molar-refractivity contribution in [2.24, 2.45) is 0 Å². The predicted molar refractivity (Wildman–Crippen MR) is 98.7 cm³/mol. The fourth-order valence-corrected chi connectivity index (χ4v) is 3.37. The average molecular weight is 352 g/mol. The van der Waals surface area contributed by atoms with Crippen LogP contribution in [-0.2, 0) is 0 Å². The number of hydrogen-bond acceptors (Lipinski definition) is 6. The Morgan fingerprint density at radius 2 is 0.692 bits per heavy atom. The Bertz CT molecular complexity index is 1100. The number of rotatable bonds is 2. The van der Waals surface area contributed by atoms with Crippen LogP contribution in [0.4, 0.5) is 0 Å². The number of ether oxygens (including phenoxy) is 2. The third-order valence-corrected chi connectivity index (χ3v) is 4.62. The van der Waals surface area contributed by atoms with Crippen molar-refractivity contribution in [3.8, 4) is 34.5 Å². The Labute approximate surface area is 148 Å². The third-order valence-electron chi connectivity index (χ3n) is 4.62. The van der Waals surface area contributed by atoms with Crippen LogP contribution in [0.15, 0.2) is 36.4 Å². The summed E-state index contributed by atoms with van der Waals surface area (Å²) in [6.07, 6.45) is 0. The van der Waals surface area contributed by atoms with E-state index in [2.05, 4.69) is 0 Å². The van der Waals surface area contributed by atoms with Crippen LogP contribution in [0, 0.1) is 0 Å². The summed E-state index contributed by atoms with van der Waals surface area (Å²) in [7, 11) is 3.06. The first-order valence-electron chi connectivity index (χ1n) is 7.83. The maximum atomic E-state index is 9.98. The second kappa shape index (κ2) is 5.49. The van der Waals surface area contributed by atoms with Crippen molar-refractivity contribution in [2.75, 3.05) is 14.2 Å². The maximum absolute atomic E-state index is 9.98. The lowest BCUT2D eigenvalue weighted by atomic mass is 9.93. The number of hydrogen-bond donors (Lipinski definition) is 4. The molecule has 6 heteroatoms. The van der Waals surface area contributed by atoms with Crippen molar-refractivity contribution in [2.45, 2.75) is 0 Å².